The van der Waals surface area contributed by atoms with E-state index in [0.717, 1.165) is 31.5 Å². The summed E-state index contributed by atoms with van der Waals surface area (Å²) in [5.74, 6) is 0.150. The molecule has 1 amide bonds. The third-order valence-electron chi connectivity index (χ3n) is 8.51. The molecule has 0 unspecified atom stereocenters. The molecule has 3 heterocycles. The van der Waals surface area contributed by atoms with E-state index >= 15 is 0 Å². The summed E-state index contributed by atoms with van der Waals surface area (Å²) < 4.78 is 5.11. The van der Waals surface area contributed by atoms with Gasteiger partial charge in [0.15, 0.2) is 0 Å². The molecular formula is C32H33N3O3. The van der Waals surface area contributed by atoms with Crippen molar-refractivity contribution in [3.63, 3.8) is 0 Å². The maximum atomic E-state index is 14.4. The van der Waals surface area contributed by atoms with Crippen molar-refractivity contribution < 1.29 is 14.3 Å². The molecule has 194 valence electrons. The second-order valence-corrected chi connectivity index (χ2v) is 10.6. The number of nitrogens with zero attached hydrogens (tertiary/aromatic N) is 3. The average molecular weight is 508 g/mol. The molecule has 0 aromatic heterocycles. The molecule has 6 rings (SSSR count). The minimum absolute atomic E-state index is 0.0174. The van der Waals surface area contributed by atoms with E-state index in [0.29, 0.717) is 30.2 Å². The van der Waals surface area contributed by atoms with E-state index in [2.05, 4.69) is 59.5 Å². The summed E-state index contributed by atoms with van der Waals surface area (Å²) in [6.07, 6.45) is 3.71. The van der Waals surface area contributed by atoms with Crippen LogP contribution in [-0.4, -0.2) is 36.8 Å². The van der Waals surface area contributed by atoms with E-state index in [1.165, 1.54) is 16.8 Å². The molecule has 3 aromatic rings. The van der Waals surface area contributed by atoms with Crippen molar-refractivity contribution in [1.82, 2.24) is 0 Å². The first-order valence-electron chi connectivity index (χ1n) is 13.6. The van der Waals surface area contributed by atoms with Crippen LogP contribution in [0, 0.1) is 11.3 Å². The number of hydrogen-bond acceptors (Lipinski definition) is 5. The Kier molecular flexibility index (Phi) is 6.26. The fourth-order valence-electron chi connectivity index (χ4n) is 6.63. The van der Waals surface area contributed by atoms with E-state index in [9.17, 15) is 9.59 Å². The minimum Gasteiger partial charge on any atom is -0.462 e. The van der Waals surface area contributed by atoms with Gasteiger partial charge in [0.05, 0.1) is 23.6 Å². The zero-order chi connectivity index (χ0) is 26.3. The van der Waals surface area contributed by atoms with E-state index in [4.69, 9.17) is 9.84 Å². The highest BCUT2D eigenvalue weighted by molar-refractivity contribution is 6.20. The normalized spacial score (nSPS) is 24.2. The summed E-state index contributed by atoms with van der Waals surface area (Å²) in [6, 6.07) is 26.2. The Morgan fingerprint density at radius 2 is 1.76 bits per heavy atom. The van der Waals surface area contributed by atoms with Gasteiger partial charge in [0.1, 0.15) is 5.41 Å². The maximum Gasteiger partial charge on any atom is 0.338 e. The molecule has 1 spiro atoms. The molecule has 0 N–H and O–H groups in total. The summed E-state index contributed by atoms with van der Waals surface area (Å²) in [6.45, 7) is 5.04. The van der Waals surface area contributed by atoms with Crippen LogP contribution in [0.2, 0.25) is 0 Å². The Morgan fingerprint density at radius 1 is 1.03 bits per heavy atom. The predicted molar refractivity (Wildman–Crippen MR) is 150 cm³/mol. The van der Waals surface area contributed by atoms with Crippen molar-refractivity contribution in [2.45, 2.75) is 45.6 Å². The number of hydrazone groups is 1. The number of piperidine rings is 1. The lowest BCUT2D eigenvalue weighted by Crippen LogP contribution is -2.62. The fourth-order valence-corrected chi connectivity index (χ4v) is 6.63. The molecule has 1 saturated heterocycles. The summed E-state index contributed by atoms with van der Waals surface area (Å²) >= 11 is 0. The smallest absolute Gasteiger partial charge is 0.338 e. The van der Waals surface area contributed by atoms with Crippen LogP contribution in [0.5, 0.6) is 0 Å². The molecule has 6 nitrogen and oxygen atoms in total. The highest BCUT2D eigenvalue weighted by Crippen LogP contribution is 2.50. The average Bonchev–Trinajstić information content (AvgIpc) is 3.19. The van der Waals surface area contributed by atoms with Gasteiger partial charge >= 0.3 is 5.97 Å². The van der Waals surface area contributed by atoms with E-state index < -0.39 is 5.41 Å². The Bertz CT molecular complexity index is 1380. The number of benzene rings is 3. The monoisotopic (exact) mass is 507 g/mol. The van der Waals surface area contributed by atoms with Crippen LogP contribution in [0.1, 0.15) is 48.2 Å². The van der Waals surface area contributed by atoms with Crippen molar-refractivity contribution in [3.05, 3.63) is 95.6 Å². The van der Waals surface area contributed by atoms with Crippen LogP contribution in [0.3, 0.4) is 0 Å². The Hall–Kier alpha value is -3.93. The van der Waals surface area contributed by atoms with Gasteiger partial charge in [-0.1, -0.05) is 48.5 Å². The first kappa shape index (κ1) is 24.4. The Morgan fingerprint density at radius 3 is 2.53 bits per heavy atom. The Labute approximate surface area is 223 Å². The number of ether oxygens (including phenoxy) is 1. The molecule has 3 aliphatic heterocycles. The van der Waals surface area contributed by atoms with Gasteiger partial charge in [0, 0.05) is 18.3 Å². The minimum atomic E-state index is -0.719. The SMILES string of the molecule is CCOC(=O)c1ccc(N2N=C(C)[C@]3(Cc4ccccc4N4CC[C@@H](Cc5ccccc5)C[C@H]43)C2=O)cc1. The number of hydrogen-bond donors (Lipinski definition) is 0. The summed E-state index contributed by atoms with van der Waals surface area (Å²) in [5, 5.41) is 6.41. The molecule has 3 aromatic carbocycles. The number of rotatable bonds is 5. The van der Waals surface area contributed by atoms with Crippen LogP contribution < -0.4 is 9.91 Å². The molecule has 1 fully saturated rings. The summed E-state index contributed by atoms with van der Waals surface area (Å²) in [5.41, 5.74) is 5.08. The molecule has 0 saturated carbocycles. The molecule has 3 aliphatic rings. The van der Waals surface area contributed by atoms with Crippen molar-refractivity contribution in [2.75, 3.05) is 23.1 Å². The standard InChI is InChI=1S/C32H33N3O3/c1-3-38-30(36)25-13-15-27(16-14-25)35-31(37)32(22(2)33-35)21-26-11-7-8-12-28(26)34-18-17-24(20-29(32)34)19-23-9-5-4-6-10-23/h4-16,24,29H,3,17-21H2,1-2H3/t24-,29-,32-/m0/s1. The topological polar surface area (TPSA) is 62.2 Å². The highest BCUT2D eigenvalue weighted by atomic mass is 16.5. The quantitative estimate of drug-likeness (QED) is 0.419. The zero-order valence-corrected chi connectivity index (χ0v) is 22.0. The van der Waals surface area contributed by atoms with Crippen molar-refractivity contribution in [3.8, 4) is 0 Å². The molecule has 3 atom stereocenters. The van der Waals surface area contributed by atoms with Gasteiger partial charge in [-0.25, -0.2) is 4.79 Å². The molecule has 0 radical (unpaired) electrons. The summed E-state index contributed by atoms with van der Waals surface area (Å²) in [7, 11) is 0. The van der Waals surface area contributed by atoms with Crippen LogP contribution in [0.15, 0.2) is 84.0 Å². The van der Waals surface area contributed by atoms with E-state index in [1.54, 1.807) is 36.2 Å². The molecule has 6 heteroatoms. The van der Waals surface area contributed by atoms with Crippen LogP contribution in [0.25, 0.3) is 0 Å². The maximum absolute atomic E-state index is 14.4. The number of carbonyl (C=O) groups is 2. The van der Waals surface area contributed by atoms with E-state index in [-0.39, 0.29) is 17.9 Å². The van der Waals surface area contributed by atoms with Gasteiger partial charge in [0.2, 0.25) is 0 Å². The van der Waals surface area contributed by atoms with Gasteiger partial charge < -0.3 is 9.64 Å². The molecular weight excluding hydrogens is 474 g/mol. The first-order chi connectivity index (χ1) is 18.5. The fraction of sp³-hybridized carbons (Fsp3) is 0.344. The lowest BCUT2D eigenvalue weighted by Gasteiger charge is -2.52. The van der Waals surface area contributed by atoms with Gasteiger partial charge in [-0.05, 0) is 86.9 Å². The molecule has 0 bridgehead atoms. The lowest BCUT2D eigenvalue weighted by atomic mass is 9.64. The van der Waals surface area contributed by atoms with Gasteiger partial charge in [-0.2, -0.15) is 10.1 Å². The second kappa shape index (κ2) is 9.75. The Balaban J connectivity index is 1.34. The number of para-hydroxylation sites is 1. The third-order valence-corrected chi connectivity index (χ3v) is 8.51. The van der Waals surface area contributed by atoms with Crippen molar-refractivity contribution in [1.29, 1.82) is 0 Å². The van der Waals surface area contributed by atoms with E-state index in [1.807, 2.05) is 6.92 Å². The van der Waals surface area contributed by atoms with Crippen LogP contribution in [-0.2, 0) is 22.4 Å². The van der Waals surface area contributed by atoms with Gasteiger partial charge in [0.25, 0.3) is 5.91 Å². The number of fused-ring (bicyclic) bond motifs is 4. The first-order valence-corrected chi connectivity index (χ1v) is 13.6. The third kappa shape index (κ3) is 3.99. The predicted octanol–water partition coefficient (Wildman–Crippen LogP) is 5.66. The van der Waals surface area contributed by atoms with Gasteiger partial charge in [-0.15, -0.1) is 0 Å². The number of carbonyl (C=O) groups excluding carboxylic acids is 2. The highest BCUT2D eigenvalue weighted by Gasteiger charge is 2.59. The molecule has 0 aliphatic carbocycles. The van der Waals surface area contributed by atoms with Crippen LogP contribution >= 0.6 is 0 Å². The largest absolute Gasteiger partial charge is 0.462 e. The summed E-state index contributed by atoms with van der Waals surface area (Å²) in [4.78, 5) is 29.1. The van der Waals surface area contributed by atoms with Crippen molar-refractivity contribution >= 4 is 29.0 Å². The number of anilines is 2. The number of esters is 1. The molecule has 38 heavy (non-hydrogen) atoms. The lowest BCUT2D eigenvalue weighted by molar-refractivity contribution is -0.125. The second-order valence-electron chi connectivity index (χ2n) is 10.6. The zero-order valence-electron chi connectivity index (χ0n) is 22.0. The number of amides is 1. The van der Waals surface area contributed by atoms with Gasteiger partial charge in [-0.3, -0.25) is 4.79 Å². The van der Waals surface area contributed by atoms with Crippen LogP contribution in [0.4, 0.5) is 11.4 Å². The van der Waals surface area contributed by atoms with Crippen molar-refractivity contribution in [2.24, 2.45) is 16.4 Å².